The zero-order chi connectivity index (χ0) is 20.4. The highest BCUT2D eigenvalue weighted by Gasteiger charge is 2.33. The molecule has 2 rings (SSSR count). The zero-order valence-electron chi connectivity index (χ0n) is 15.3. The van der Waals surface area contributed by atoms with Crippen LogP contribution in [-0.4, -0.2) is 41.6 Å². The highest BCUT2D eigenvalue weighted by molar-refractivity contribution is 9.10. The van der Waals surface area contributed by atoms with E-state index in [-0.39, 0.29) is 22.0 Å². The summed E-state index contributed by atoms with van der Waals surface area (Å²) in [6, 6.07) is 3.16. The van der Waals surface area contributed by atoms with E-state index >= 15 is 0 Å². The van der Waals surface area contributed by atoms with Crippen LogP contribution in [0.5, 0.6) is 0 Å². The van der Waals surface area contributed by atoms with Gasteiger partial charge in [-0.1, -0.05) is 15.9 Å². The molecular formula is C18H22BrF3N2O3. The van der Waals surface area contributed by atoms with Crippen LogP contribution in [0.25, 0.3) is 0 Å². The minimum atomic E-state index is -4.48. The molecule has 0 bridgehead atoms. The third-order valence-electron chi connectivity index (χ3n) is 4.02. The van der Waals surface area contributed by atoms with E-state index in [1.165, 1.54) is 12.1 Å². The van der Waals surface area contributed by atoms with Crippen LogP contribution in [0.4, 0.5) is 18.0 Å². The van der Waals surface area contributed by atoms with Gasteiger partial charge < -0.3 is 15.0 Å². The van der Waals surface area contributed by atoms with Crippen molar-refractivity contribution in [2.75, 3.05) is 13.1 Å². The van der Waals surface area contributed by atoms with E-state index in [1.807, 2.05) is 0 Å². The SMILES string of the molecule is CC(C)(C)OC(=O)NC1CCN(C(=O)c2ccc(C(F)(F)F)c(Br)c2)CC1. The molecule has 1 aliphatic rings. The van der Waals surface area contributed by atoms with Crippen LogP contribution in [0.15, 0.2) is 22.7 Å². The van der Waals surface area contributed by atoms with Crippen molar-refractivity contribution in [3.05, 3.63) is 33.8 Å². The molecule has 0 aliphatic carbocycles. The lowest BCUT2D eigenvalue weighted by Gasteiger charge is -2.33. The van der Waals surface area contributed by atoms with Gasteiger partial charge in [0, 0.05) is 29.2 Å². The minimum absolute atomic E-state index is 0.108. The van der Waals surface area contributed by atoms with Crippen molar-refractivity contribution in [3.8, 4) is 0 Å². The molecule has 1 aromatic rings. The van der Waals surface area contributed by atoms with Crippen LogP contribution in [0.1, 0.15) is 49.5 Å². The standard InChI is InChI=1S/C18H22BrF3N2O3/c1-17(2,3)27-16(26)23-12-6-8-24(9-7-12)15(25)11-4-5-13(14(19)10-11)18(20,21)22/h4-5,10,12H,6-9H2,1-3H3,(H,23,26). The molecule has 27 heavy (non-hydrogen) atoms. The van der Waals surface area contributed by atoms with Gasteiger partial charge >= 0.3 is 12.3 Å². The van der Waals surface area contributed by atoms with E-state index in [0.717, 1.165) is 6.07 Å². The number of alkyl halides is 3. The number of hydrogen-bond acceptors (Lipinski definition) is 3. The molecule has 1 fully saturated rings. The number of benzene rings is 1. The summed E-state index contributed by atoms with van der Waals surface area (Å²) in [5.74, 6) is -0.333. The molecule has 2 amide bonds. The van der Waals surface area contributed by atoms with Crippen molar-refractivity contribution in [3.63, 3.8) is 0 Å². The first kappa shape index (κ1) is 21.5. The highest BCUT2D eigenvalue weighted by Crippen LogP contribution is 2.35. The molecule has 0 radical (unpaired) electrons. The lowest BCUT2D eigenvalue weighted by Crippen LogP contribution is -2.47. The van der Waals surface area contributed by atoms with Crippen LogP contribution in [-0.2, 0) is 10.9 Å². The fourth-order valence-corrected chi connectivity index (χ4v) is 3.37. The van der Waals surface area contributed by atoms with E-state index in [1.54, 1.807) is 25.7 Å². The Hall–Kier alpha value is -1.77. The van der Waals surface area contributed by atoms with Gasteiger partial charge in [0.25, 0.3) is 5.91 Å². The van der Waals surface area contributed by atoms with Gasteiger partial charge in [0.15, 0.2) is 0 Å². The second-order valence-electron chi connectivity index (χ2n) is 7.41. The lowest BCUT2D eigenvalue weighted by molar-refractivity contribution is -0.138. The first-order valence-electron chi connectivity index (χ1n) is 8.52. The molecule has 0 atom stereocenters. The first-order valence-corrected chi connectivity index (χ1v) is 9.31. The molecular weight excluding hydrogens is 429 g/mol. The third-order valence-corrected chi connectivity index (χ3v) is 4.68. The van der Waals surface area contributed by atoms with Gasteiger partial charge in [-0.2, -0.15) is 13.2 Å². The Labute approximate surface area is 164 Å². The summed E-state index contributed by atoms with van der Waals surface area (Å²) in [7, 11) is 0. The number of rotatable bonds is 2. The summed E-state index contributed by atoms with van der Waals surface area (Å²) in [5.41, 5.74) is -1.22. The van der Waals surface area contributed by atoms with Gasteiger partial charge in [-0.05, 0) is 51.8 Å². The Bertz CT molecular complexity index is 709. The fourth-order valence-electron chi connectivity index (χ4n) is 2.76. The summed E-state index contributed by atoms with van der Waals surface area (Å²) in [6.45, 7) is 6.12. The van der Waals surface area contributed by atoms with Gasteiger partial charge in [0.05, 0.1) is 5.56 Å². The van der Waals surface area contributed by atoms with Crippen molar-refractivity contribution in [2.45, 2.75) is 51.4 Å². The number of amides is 2. The third kappa shape index (κ3) is 6.12. The maximum absolute atomic E-state index is 12.8. The quantitative estimate of drug-likeness (QED) is 0.716. The van der Waals surface area contributed by atoms with Crippen molar-refractivity contribution >= 4 is 27.9 Å². The van der Waals surface area contributed by atoms with Gasteiger partial charge in [-0.3, -0.25) is 4.79 Å². The molecule has 0 spiro atoms. The topological polar surface area (TPSA) is 58.6 Å². The molecule has 0 unspecified atom stereocenters. The minimum Gasteiger partial charge on any atom is -0.444 e. The van der Waals surface area contributed by atoms with E-state index in [4.69, 9.17) is 4.74 Å². The Morgan fingerprint density at radius 3 is 2.26 bits per heavy atom. The van der Waals surface area contributed by atoms with Crippen molar-refractivity contribution in [1.82, 2.24) is 10.2 Å². The number of ether oxygens (including phenoxy) is 1. The Kier molecular flexibility index (Phi) is 6.44. The molecule has 0 aromatic heterocycles. The summed E-state index contributed by atoms with van der Waals surface area (Å²) >= 11 is 2.88. The predicted molar refractivity (Wildman–Crippen MR) is 97.4 cm³/mol. The van der Waals surface area contributed by atoms with Gasteiger partial charge in [0.1, 0.15) is 5.60 Å². The molecule has 5 nitrogen and oxygen atoms in total. The monoisotopic (exact) mass is 450 g/mol. The first-order chi connectivity index (χ1) is 12.4. The molecule has 1 N–H and O–H groups in total. The van der Waals surface area contributed by atoms with Crippen molar-refractivity contribution in [1.29, 1.82) is 0 Å². The van der Waals surface area contributed by atoms with Gasteiger partial charge in [0.2, 0.25) is 0 Å². The number of alkyl carbamates (subject to hydrolysis) is 1. The fraction of sp³-hybridized carbons (Fsp3) is 0.556. The molecule has 1 aromatic carbocycles. The number of carbonyl (C=O) groups is 2. The van der Waals surface area contributed by atoms with Crippen LogP contribution < -0.4 is 5.32 Å². The van der Waals surface area contributed by atoms with Crippen LogP contribution in [0.3, 0.4) is 0 Å². The molecule has 0 saturated carbocycles. The maximum Gasteiger partial charge on any atom is 0.417 e. The number of halogens is 4. The van der Waals surface area contributed by atoms with E-state index in [9.17, 15) is 22.8 Å². The van der Waals surface area contributed by atoms with Gasteiger partial charge in [-0.25, -0.2) is 4.79 Å². The second-order valence-corrected chi connectivity index (χ2v) is 8.26. The van der Waals surface area contributed by atoms with E-state index in [0.29, 0.717) is 25.9 Å². The van der Waals surface area contributed by atoms with Gasteiger partial charge in [-0.15, -0.1) is 0 Å². The zero-order valence-corrected chi connectivity index (χ0v) is 16.9. The average Bonchev–Trinajstić information content (AvgIpc) is 2.51. The summed E-state index contributed by atoms with van der Waals surface area (Å²) in [4.78, 5) is 25.9. The van der Waals surface area contributed by atoms with Crippen LogP contribution in [0, 0.1) is 0 Å². The summed E-state index contributed by atoms with van der Waals surface area (Å²) < 4.78 is 43.5. The largest absolute Gasteiger partial charge is 0.444 e. The van der Waals surface area contributed by atoms with Crippen LogP contribution >= 0.6 is 15.9 Å². The Balaban J connectivity index is 1.93. The van der Waals surface area contributed by atoms with Crippen molar-refractivity contribution in [2.24, 2.45) is 0 Å². The van der Waals surface area contributed by atoms with E-state index < -0.39 is 23.4 Å². The maximum atomic E-state index is 12.8. The smallest absolute Gasteiger partial charge is 0.417 e. The molecule has 1 heterocycles. The van der Waals surface area contributed by atoms with Crippen molar-refractivity contribution < 1.29 is 27.5 Å². The number of nitrogens with zero attached hydrogens (tertiary/aromatic N) is 1. The second kappa shape index (κ2) is 8.08. The van der Waals surface area contributed by atoms with Crippen LogP contribution in [0.2, 0.25) is 0 Å². The normalized spacial score (nSPS) is 16.2. The molecule has 150 valence electrons. The molecule has 9 heteroatoms. The number of piperidine rings is 1. The number of likely N-dealkylation sites (tertiary alicyclic amines) is 1. The molecule has 1 aliphatic heterocycles. The lowest BCUT2D eigenvalue weighted by atomic mass is 10.0. The number of hydrogen-bond donors (Lipinski definition) is 1. The Morgan fingerprint density at radius 2 is 1.78 bits per heavy atom. The number of nitrogens with one attached hydrogen (secondary N) is 1. The predicted octanol–water partition coefficient (Wildman–Crippen LogP) is 4.60. The average molecular weight is 451 g/mol. The highest BCUT2D eigenvalue weighted by atomic mass is 79.9. The summed E-state index contributed by atoms with van der Waals surface area (Å²) in [5, 5.41) is 2.78. The molecule has 1 saturated heterocycles. The van der Waals surface area contributed by atoms with E-state index in [2.05, 4.69) is 21.2 Å². The summed E-state index contributed by atoms with van der Waals surface area (Å²) in [6.07, 6.45) is -3.88. The Morgan fingerprint density at radius 1 is 1.19 bits per heavy atom. The number of carbonyl (C=O) groups excluding carboxylic acids is 2.